The van der Waals surface area contributed by atoms with Gasteiger partial charge in [-0.3, -0.25) is 0 Å². The van der Waals surface area contributed by atoms with Gasteiger partial charge in [0, 0.05) is 11.1 Å². The zero-order valence-corrected chi connectivity index (χ0v) is 12.8. The van der Waals surface area contributed by atoms with E-state index in [-0.39, 0.29) is 0 Å². The van der Waals surface area contributed by atoms with E-state index in [1.807, 2.05) is 18.2 Å². The number of rotatable bonds is 4. The van der Waals surface area contributed by atoms with E-state index in [1.54, 1.807) is 20.3 Å². The van der Waals surface area contributed by atoms with Gasteiger partial charge in [0.2, 0.25) is 0 Å². The highest BCUT2D eigenvalue weighted by molar-refractivity contribution is 7.20. The van der Waals surface area contributed by atoms with Crippen molar-refractivity contribution in [2.45, 2.75) is 6.04 Å². The van der Waals surface area contributed by atoms with Crippen molar-refractivity contribution in [3.8, 4) is 11.5 Å². The number of ether oxygens (including phenoxy) is 2. The Kier molecular flexibility index (Phi) is 4.58. The number of hydrogen-bond acceptors (Lipinski definition) is 4. The van der Waals surface area contributed by atoms with E-state index in [2.05, 4.69) is 0 Å². The largest absolute Gasteiger partial charge is 0.497 e. The van der Waals surface area contributed by atoms with E-state index < -0.39 is 6.04 Å². The summed E-state index contributed by atoms with van der Waals surface area (Å²) >= 11 is 13.4. The molecule has 1 aromatic heterocycles. The molecule has 0 fully saturated rings. The summed E-state index contributed by atoms with van der Waals surface area (Å²) < 4.78 is 11.7. The third-order valence-corrected chi connectivity index (χ3v) is 4.31. The summed E-state index contributed by atoms with van der Waals surface area (Å²) in [6, 6.07) is 6.83. The van der Waals surface area contributed by atoms with Crippen LogP contribution in [0.25, 0.3) is 0 Å². The highest BCUT2D eigenvalue weighted by Crippen LogP contribution is 2.39. The smallest absolute Gasteiger partial charge is 0.124 e. The zero-order valence-electron chi connectivity index (χ0n) is 10.4. The fraction of sp³-hybridized carbons (Fsp3) is 0.231. The molecule has 0 saturated heterocycles. The van der Waals surface area contributed by atoms with Crippen LogP contribution in [0.15, 0.2) is 24.3 Å². The molecular weight excluding hydrogens is 305 g/mol. The topological polar surface area (TPSA) is 44.5 Å². The van der Waals surface area contributed by atoms with Gasteiger partial charge in [-0.1, -0.05) is 23.2 Å². The number of nitrogens with two attached hydrogens (primary N) is 1. The summed E-state index contributed by atoms with van der Waals surface area (Å²) in [6.45, 7) is 0. The quantitative estimate of drug-likeness (QED) is 0.922. The molecule has 6 heteroatoms. The molecule has 0 amide bonds. The summed E-state index contributed by atoms with van der Waals surface area (Å²) in [7, 11) is 3.20. The van der Waals surface area contributed by atoms with Crippen molar-refractivity contribution >= 4 is 34.5 Å². The highest BCUT2D eigenvalue weighted by atomic mass is 35.5. The van der Waals surface area contributed by atoms with Crippen LogP contribution in [-0.4, -0.2) is 14.2 Å². The van der Waals surface area contributed by atoms with Crippen molar-refractivity contribution in [3.63, 3.8) is 0 Å². The van der Waals surface area contributed by atoms with E-state index in [0.717, 1.165) is 11.1 Å². The average molecular weight is 318 g/mol. The Morgan fingerprint density at radius 1 is 1.11 bits per heavy atom. The normalized spacial score (nSPS) is 12.3. The monoisotopic (exact) mass is 317 g/mol. The van der Waals surface area contributed by atoms with Gasteiger partial charge in [-0.25, -0.2) is 0 Å². The third-order valence-electron chi connectivity index (χ3n) is 2.79. The van der Waals surface area contributed by atoms with Crippen LogP contribution in [0.1, 0.15) is 17.2 Å². The molecular formula is C13H13Cl2NO2S. The van der Waals surface area contributed by atoms with Gasteiger partial charge < -0.3 is 15.2 Å². The van der Waals surface area contributed by atoms with Crippen molar-refractivity contribution < 1.29 is 9.47 Å². The lowest BCUT2D eigenvalue weighted by molar-refractivity contribution is 0.397. The van der Waals surface area contributed by atoms with Crippen LogP contribution in [0.5, 0.6) is 11.5 Å². The number of hydrogen-bond donors (Lipinski definition) is 1. The van der Waals surface area contributed by atoms with Crippen molar-refractivity contribution in [3.05, 3.63) is 44.1 Å². The van der Waals surface area contributed by atoms with Crippen LogP contribution in [0, 0.1) is 0 Å². The third kappa shape index (κ3) is 2.98. The molecule has 1 atom stereocenters. The molecule has 1 aromatic carbocycles. The van der Waals surface area contributed by atoms with Crippen LogP contribution in [-0.2, 0) is 0 Å². The van der Waals surface area contributed by atoms with Crippen molar-refractivity contribution in [2.75, 3.05) is 14.2 Å². The summed E-state index contributed by atoms with van der Waals surface area (Å²) in [4.78, 5) is 0. The molecule has 2 N–H and O–H groups in total. The van der Waals surface area contributed by atoms with E-state index in [4.69, 9.17) is 38.4 Å². The van der Waals surface area contributed by atoms with Crippen LogP contribution < -0.4 is 15.2 Å². The molecule has 0 radical (unpaired) electrons. The van der Waals surface area contributed by atoms with Gasteiger partial charge in [-0.2, -0.15) is 0 Å². The molecule has 0 bridgehead atoms. The summed E-state index contributed by atoms with van der Waals surface area (Å²) in [6.07, 6.45) is 0. The zero-order chi connectivity index (χ0) is 14.0. The molecule has 3 nitrogen and oxygen atoms in total. The molecule has 102 valence electrons. The molecule has 19 heavy (non-hydrogen) atoms. The summed E-state index contributed by atoms with van der Waals surface area (Å²) in [5.41, 5.74) is 7.84. The van der Waals surface area contributed by atoms with E-state index in [9.17, 15) is 0 Å². The number of halogens is 2. The van der Waals surface area contributed by atoms with Crippen molar-refractivity contribution in [1.29, 1.82) is 0 Å². The lowest BCUT2D eigenvalue weighted by atomic mass is 10.0. The van der Waals surface area contributed by atoms with E-state index in [1.165, 1.54) is 11.3 Å². The second kappa shape index (κ2) is 6.01. The maximum absolute atomic E-state index is 6.26. The number of thiophene rings is 1. The first-order chi connectivity index (χ1) is 9.06. The lowest BCUT2D eigenvalue weighted by Crippen LogP contribution is -2.12. The van der Waals surface area contributed by atoms with Crippen LogP contribution in [0.4, 0.5) is 0 Å². The molecule has 0 saturated carbocycles. The predicted molar refractivity (Wildman–Crippen MR) is 79.9 cm³/mol. The molecule has 0 aliphatic rings. The Hall–Kier alpha value is -0.940. The SMILES string of the molecule is COc1ccc(OC)c(C(N)c2cc(Cl)sc2Cl)c1. The average Bonchev–Trinajstić information content (AvgIpc) is 2.76. The summed E-state index contributed by atoms with van der Waals surface area (Å²) in [5, 5.41) is 0. The minimum Gasteiger partial charge on any atom is -0.497 e. The fourth-order valence-corrected chi connectivity index (χ4v) is 3.36. The molecule has 2 rings (SSSR count). The van der Waals surface area contributed by atoms with Gasteiger partial charge in [-0.05, 0) is 24.3 Å². The fourth-order valence-electron chi connectivity index (χ4n) is 1.82. The molecule has 1 unspecified atom stereocenters. The minimum absolute atomic E-state index is 0.415. The Morgan fingerprint density at radius 3 is 2.37 bits per heavy atom. The van der Waals surface area contributed by atoms with Crippen LogP contribution in [0.2, 0.25) is 8.67 Å². The predicted octanol–water partition coefficient (Wildman–Crippen LogP) is 4.12. The van der Waals surface area contributed by atoms with Crippen molar-refractivity contribution in [2.24, 2.45) is 5.73 Å². The van der Waals surface area contributed by atoms with Gasteiger partial charge in [0.1, 0.15) is 11.5 Å². The van der Waals surface area contributed by atoms with Crippen molar-refractivity contribution in [1.82, 2.24) is 0 Å². The second-order valence-corrected chi connectivity index (χ2v) is 6.15. The lowest BCUT2D eigenvalue weighted by Gasteiger charge is -2.16. The Bertz CT molecular complexity index is 586. The molecule has 1 heterocycles. The van der Waals surface area contributed by atoms with Gasteiger partial charge in [-0.15, -0.1) is 11.3 Å². The number of benzene rings is 1. The van der Waals surface area contributed by atoms with Crippen LogP contribution >= 0.6 is 34.5 Å². The maximum atomic E-state index is 6.26. The molecule has 0 spiro atoms. The van der Waals surface area contributed by atoms with Gasteiger partial charge in [0.05, 0.1) is 28.9 Å². The Balaban J connectivity index is 2.47. The minimum atomic E-state index is -0.415. The maximum Gasteiger partial charge on any atom is 0.124 e. The van der Waals surface area contributed by atoms with E-state index >= 15 is 0 Å². The first-order valence-corrected chi connectivity index (χ1v) is 7.06. The second-order valence-electron chi connectivity index (χ2n) is 3.87. The standard InChI is InChI=1S/C13H13Cl2NO2S/c1-17-7-3-4-10(18-2)8(5-7)12(16)9-6-11(14)19-13(9)15/h3-6,12H,16H2,1-2H3. The van der Waals surface area contributed by atoms with E-state index in [0.29, 0.717) is 20.2 Å². The van der Waals surface area contributed by atoms with Crippen LogP contribution in [0.3, 0.4) is 0 Å². The van der Waals surface area contributed by atoms with Gasteiger partial charge in [0.15, 0.2) is 0 Å². The van der Waals surface area contributed by atoms with Gasteiger partial charge >= 0.3 is 0 Å². The Morgan fingerprint density at radius 2 is 1.84 bits per heavy atom. The molecule has 0 aliphatic carbocycles. The number of methoxy groups -OCH3 is 2. The van der Waals surface area contributed by atoms with Gasteiger partial charge in [0.25, 0.3) is 0 Å². The first-order valence-electron chi connectivity index (χ1n) is 5.49. The first kappa shape index (κ1) is 14.5. The molecule has 0 aliphatic heterocycles. The molecule has 2 aromatic rings. The highest BCUT2D eigenvalue weighted by Gasteiger charge is 2.19. The summed E-state index contributed by atoms with van der Waals surface area (Å²) in [5.74, 6) is 1.40. The Labute approximate surface area is 125 Å².